The van der Waals surface area contributed by atoms with E-state index in [4.69, 9.17) is 11.6 Å². The van der Waals surface area contributed by atoms with E-state index in [0.29, 0.717) is 16.8 Å². The van der Waals surface area contributed by atoms with Gasteiger partial charge >= 0.3 is 6.18 Å². The van der Waals surface area contributed by atoms with E-state index in [2.05, 4.69) is 10.5 Å². The number of aryl methyl sites for hydroxylation is 1. The van der Waals surface area contributed by atoms with Crippen molar-refractivity contribution < 1.29 is 18.4 Å². The summed E-state index contributed by atoms with van der Waals surface area (Å²) in [6.07, 6.45) is -4.48. The molecule has 3 aromatic rings. The number of para-hydroxylation sites is 1. The number of alkyl halides is 3. The SMILES string of the molecule is Cc1ccccc1C(=NO)c1ccc(Nc2ccccc2C(F)(F)F)cc1Cl. The van der Waals surface area contributed by atoms with Crippen LogP contribution in [0.5, 0.6) is 0 Å². The Morgan fingerprint density at radius 1 is 0.964 bits per heavy atom. The first-order valence-electron chi connectivity index (χ1n) is 8.32. The van der Waals surface area contributed by atoms with Gasteiger partial charge in [-0.25, -0.2) is 0 Å². The number of oxime groups is 1. The van der Waals surface area contributed by atoms with E-state index in [1.54, 1.807) is 18.2 Å². The van der Waals surface area contributed by atoms with Gasteiger partial charge in [0.25, 0.3) is 0 Å². The van der Waals surface area contributed by atoms with E-state index in [1.165, 1.54) is 24.3 Å². The van der Waals surface area contributed by atoms with Gasteiger partial charge in [0, 0.05) is 16.8 Å². The maximum atomic E-state index is 13.2. The molecule has 2 N–H and O–H groups in total. The van der Waals surface area contributed by atoms with Crippen molar-refractivity contribution in [1.82, 2.24) is 0 Å². The molecule has 7 heteroatoms. The highest BCUT2D eigenvalue weighted by molar-refractivity contribution is 6.35. The maximum Gasteiger partial charge on any atom is 0.418 e. The van der Waals surface area contributed by atoms with E-state index in [9.17, 15) is 18.4 Å². The van der Waals surface area contributed by atoms with Crippen molar-refractivity contribution in [3.05, 3.63) is 94.0 Å². The summed E-state index contributed by atoms with van der Waals surface area (Å²) in [6.45, 7) is 1.87. The molecule has 144 valence electrons. The highest BCUT2D eigenvalue weighted by Gasteiger charge is 2.33. The van der Waals surface area contributed by atoms with Crippen molar-refractivity contribution in [3.63, 3.8) is 0 Å². The Bertz CT molecular complexity index is 1030. The molecule has 0 saturated heterocycles. The topological polar surface area (TPSA) is 44.6 Å². The molecule has 0 amide bonds. The second-order valence-electron chi connectivity index (χ2n) is 6.13. The van der Waals surface area contributed by atoms with Crippen LogP contribution >= 0.6 is 11.6 Å². The van der Waals surface area contributed by atoms with Crippen LogP contribution in [-0.2, 0) is 6.18 Å². The fraction of sp³-hybridized carbons (Fsp3) is 0.0952. The number of benzene rings is 3. The molecular weight excluding hydrogens is 389 g/mol. The molecule has 0 bridgehead atoms. The van der Waals surface area contributed by atoms with Crippen molar-refractivity contribution >= 4 is 28.7 Å². The Morgan fingerprint density at radius 3 is 2.29 bits per heavy atom. The van der Waals surface area contributed by atoms with Crippen molar-refractivity contribution in [2.24, 2.45) is 5.16 Å². The molecule has 0 aromatic heterocycles. The number of hydrogen-bond acceptors (Lipinski definition) is 3. The van der Waals surface area contributed by atoms with Gasteiger partial charge in [0.05, 0.1) is 16.3 Å². The minimum atomic E-state index is -4.48. The van der Waals surface area contributed by atoms with Gasteiger partial charge in [0.2, 0.25) is 0 Å². The molecule has 3 aromatic carbocycles. The van der Waals surface area contributed by atoms with Crippen LogP contribution in [0.3, 0.4) is 0 Å². The zero-order valence-electron chi connectivity index (χ0n) is 14.8. The summed E-state index contributed by atoms with van der Waals surface area (Å²) >= 11 is 6.35. The third-order valence-corrected chi connectivity index (χ3v) is 4.55. The van der Waals surface area contributed by atoms with Gasteiger partial charge in [-0.15, -0.1) is 0 Å². The van der Waals surface area contributed by atoms with Crippen LogP contribution in [0.2, 0.25) is 5.02 Å². The zero-order valence-corrected chi connectivity index (χ0v) is 15.5. The summed E-state index contributed by atoms with van der Waals surface area (Å²) in [7, 11) is 0. The number of rotatable bonds is 4. The van der Waals surface area contributed by atoms with Gasteiger partial charge in [-0.1, -0.05) is 53.2 Å². The molecule has 0 saturated carbocycles. The van der Waals surface area contributed by atoms with Gasteiger partial charge in [0.1, 0.15) is 5.71 Å². The van der Waals surface area contributed by atoms with Crippen LogP contribution in [0.4, 0.5) is 24.5 Å². The van der Waals surface area contributed by atoms with Crippen LogP contribution in [0.15, 0.2) is 71.9 Å². The number of hydrogen-bond donors (Lipinski definition) is 2. The highest BCUT2D eigenvalue weighted by atomic mass is 35.5. The standard InChI is InChI=1S/C21H16ClF3N2O/c1-13-6-2-3-7-15(13)20(27-28)16-11-10-14(12-18(16)22)26-19-9-5-4-8-17(19)21(23,24)25/h2-12,26,28H,1H3. The minimum Gasteiger partial charge on any atom is -0.410 e. The quantitative estimate of drug-likeness (QED) is 0.291. The van der Waals surface area contributed by atoms with Crippen LogP contribution in [0, 0.1) is 6.92 Å². The minimum absolute atomic E-state index is 0.0752. The normalized spacial score (nSPS) is 12.1. The Morgan fingerprint density at radius 2 is 1.64 bits per heavy atom. The smallest absolute Gasteiger partial charge is 0.410 e. The Hall–Kier alpha value is -2.99. The van der Waals surface area contributed by atoms with Gasteiger partial charge in [-0.3, -0.25) is 0 Å². The molecule has 0 spiro atoms. The van der Waals surface area contributed by atoms with Crippen LogP contribution in [-0.4, -0.2) is 10.9 Å². The summed E-state index contributed by atoms with van der Waals surface area (Å²) in [5.41, 5.74) is 1.88. The van der Waals surface area contributed by atoms with Crippen molar-refractivity contribution in [2.45, 2.75) is 13.1 Å². The molecule has 0 atom stereocenters. The van der Waals surface area contributed by atoms with Crippen molar-refractivity contribution in [2.75, 3.05) is 5.32 Å². The van der Waals surface area contributed by atoms with Gasteiger partial charge in [-0.2, -0.15) is 13.2 Å². The molecule has 28 heavy (non-hydrogen) atoms. The third-order valence-electron chi connectivity index (χ3n) is 4.24. The molecule has 0 heterocycles. The van der Waals surface area contributed by atoms with E-state index in [-0.39, 0.29) is 16.4 Å². The molecule has 0 radical (unpaired) electrons. The lowest BCUT2D eigenvalue weighted by molar-refractivity contribution is -0.136. The predicted molar refractivity (Wildman–Crippen MR) is 105 cm³/mol. The van der Waals surface area contributed by atoms with E-state index < -0.39 is 11.7 Å². The van der Waals surface area contributed by atoms with Crippen molar-refractivity contribution in [1.29, 1.82) is 0 Å². The lowest BCUT2D eigenvalue weighted by atomic mass is 9.98. The third kappa shape index (κ3) is 4.12. The zero-order chi connectivity index (χ0) is 20.3. The lowest BCUT2D eigenvalue weighted by Crippen LogP contribution is -2.09. The number of nitrogens with zero attached hydrogens (tertiary/aromatic N) is 1. The number of halogens is 4. The average Bonchev–Trinajstić information content (AvgIpc) is 2.65. The van der Waals surface area contributed by atoms with Gasteiger partial charge in [-0.05, 0) is 42.8 Å². The summed E-state index contributed by atoms with van der Waals surface area (Å²) in [6, 6.07) is 17.2. The molecule has 0 aliphatic rings. The first-order chi connectivity index (χ1) is 13.3. The fourth-order valence-electron chi connectivity index (χ4n) is 2.87. The first-order valence-corrected chi connectivity index (χ1v) is 8.70. The van der Waals surface area contributed by atoms with Crippen LogP contribution in [0.1, 0.15) is 22.3 Å². The number of nitrogens with one attached hydrogen (secondary N) is 1. The van der Waals surface area contributed by atoms with Gasteiger partial charge < -0.3 is 10.5 Å². The molecular formula is C21H16ClF3N2O. The monoisotopic (exact) mass is 404 g/mol. The Labute approximate surface area is 165 Å². The largest absolute Gasteiger partial charge is 0.418 e. The predicted octanol–water partition coefficient (Wildman–Crippen LogP) is 6.64. The van der Waals surface area contributed by atoms with Crippen molar-refractivity contribution in [3.8, 4) is 0 Å². The Kier molecular flexibility index (Phi) is 5.61. The molecule has 0 aliphatic carbocycles. The molecule has 3 rings (SSSR count). The Balaban J connectivity index is 1.95. The molecule has 0 aliphatic heterocycles. The van der Waals surface area contributed by atoms with Crippen LogP contribution < -0.4 is 5.32 Å². The number of anilines is 2. The lowest BCUT2D eigenvalue weighted by Gasteiger charge is -2.15. The molecule has 0 unspecified atom stereocenters. The van der Waals surface area contributed by atoms with E-state index in [0.717, 1.165) is 11.6 Å². The maximum absolute atomic E-state index is 13.2. The van der Waals surface area contributed by atoms with E-state index in [1.807, 2.05) is 25.1 Å². The van der Waals surface area contributed by atoms with Gasteiger partial charge in [0.15, 0.2) is 0 Å². The second-order valence-corrected chi connectivity index (χ2v) is 6.53. The molecule has 3 nitrogen and oxygen atoms in total. The van der Waals surface area contributed by atoms with Crippen LogP contribution in [0.25, 0.3) is 0 Å². The summed E-state index contributed by atoms with van der Waals surface area (Å²) in [4.78, 5) is 0. The van der Waals surface area contributed by atoms with E-state index >= 15 is 0 Å². The molecule has 0 fully saturated rings. The summed E-state index contributed by atoms with van der Waals surface area (Å²) in [5, 5.41) is 15.9. The summed E-state index contributed by atoms with van der Waals surface area (Å²) < 4.78 is 39.5. The highest BCUT2D eigenvalue weighted by Crippen LogP contribution is 2.36. The second kappa shape index (κ2) is 7.94. The first kappa shape index (κ1) is 19.8. The summed E-state index contributed by atoms with van der Waals surface area (Å²) in [5.74, 6) is 0. The average molecular weight is 405 g/mol. The fourth-order valence-corrected chi connectivity index (χ4v) is 3.14.